The Morgan fingerprint density at radius 3 is 2.00 bits per heavy atom. The molecule has 1 aliphatic heterocycles. The summed E-state index contributed by atoms with van der Waals surface area (Å²) in [6.07, 6.45) is -1.17. The van der Waals surface area contributed by atoms with Crippen LogP contribution in [0.3, 0.4) is 0 Å². The average molecular weight is 584 g/mol. The van der Waals surface area contributed by atoms with Gasteiger partial charge in [-0.05, 0) is 16.9 Å². The molecule has 1 aliphatic rings. The van der Waals surface area contributed by atoms with Crippen LogP contribution in [-0.2, 0) is 42.2 Å². The number of rotatable bonds is 15. The monoisotopic (exact) mass is 583 g/mol. The minimum atomic E-state index is -3.41. The smallest absolute Gasteiger partial charge is 0.338 e. The van der Waals surface area contributed by atoms with Gasteiger partial charge >= 0.3 is 20.5 Å². The molecular weight excluding hydrogens is 543 g/mol. The van der Waals surface area contributed by atoms with E-state index in [4.69, 9.17) is 33.5 Å². The lowest BCUT2D eigenvalue weighted by Crippen LogP contribution is -2.41. The van der Waals surface area contributed by atoms with Gasteiger partial charge in [0.2, 0.25) is 26.2 Å². The van der Waals surface area contributed by atoms with Gasteiger partial charge in [0.25, 0.3) is 5.92 Å². The highest BCUT2D eigenvalue weighted by molar-refractivity contribution is 7.41. The van der Waals surface area contributed by atoms with Gasteiger partial charge < -0.3 is 24.5 Å². The van der Waals surface area contributed by atoms with Gasteiger partial charge in [0.1, 0.15) is 5.84 Å². The Bertz CT molecular complexity index is 842. The zero-order chi connectivity index (χ0) is 29.9. The maximum absolute atomic E-state index is 14.6. The number of hydrogen-bond acceptors (Lipinski definition) is 10. The van der Waals surface area contributed by atoms with Gasteiger partial charge in [-0.15, -0.1) is 0 Å². The number of aliphatic imine (C=N–C) groups is 1. The van der Waals surface area contributed by atoms with Crippen LogP contribution in [-0.4, -0.2) is 74.6 Å². The zero-order valence-corrected chi connectivity index (χ0v) is 24.4. The van der Waals surface area contributed by atoms with Crippen molar-refractivity contribution >= 4 is 32.8 Å². The van der Waals surface area contributed by atoms with E-state index in [-0.39, 0.29) is 35.9 Å². The van der Waals surface area contributed by atoms with E-state index in [9.17, 15) is 23.2 Å². The molecule has 1 rings (SSSR count). The molecule has 0 aromatic heterocycles. The quantitative estimate of drug-likeness (QED) is 0.0753. The normalized spacial score (nSPS) is 19.9. The predicted molar refractivity (Wildman–Crippen MR) is 138 cm³/mol. The lowest BCUT2D eigenvalue weighted by Gasteiger charge is -2.25. The number of alkyl halides is 2. The number of nitrogens with two attached hydrogens (primary N) is 1. The van der Waals surface area contributed by atoms with Crippen molar-refractivity contribution in [3.05, 3.63) is 12.3 Å². The predicted octanol–water partition coefficient (Wildman–Crippen LogP) is 3.85. The summed E-state index contributed by atoms with van der Waals surface area (Å²) in [5.41, 5.74) is 4.90. The summed E-state index contributed by atoms with van der Waals surface area (Å²) in [5.74, 6) is -4.43. The fraction of sp³-hybridized carbons (Fsp3) is 0.750. The van der Waals surface area contributed by atoms with Crippen molar-refractivity contribution in [3.63, 3.8) is 0 Å². The minimum absolute atomic E-state index is 0.0226. The van der Waals surface area contributed by atoms with Crippen molar-refractivity contribution in [2.45, 2.75) is 79.1 Å². The minimum Gasteiger partial charge on any atom is -0.438 e. The van der Waals surface area contributed by atoms with E-state index in [1.54, 1.807) is 0 Å². The molecule has 0 spiro atoms. The number of halogens is 2. The van der Waals surface area contributed by atoms with Crippen molar-refractivity contribution in [2.24, 2.45) is 21.6 Å². The fourth-order valence-corrected chi connectivity index (χ4v) is 3.81. The average Bonchev–Trinajstić information content (AvgIpc) is 3.08. The van der Waals surface area contributed by atoms with E-state index < -0.39 is 65.4 Å². The van der Waals surface area contributed by atoms with Crippen LogP contribution in [0.1, 0.15) is 60.8 Å². The highest BCUT2D eigenvalue weighted by Crippen LogP contribution is 2.43. The first-order valence-electron chi connectivity index (χ1n) is 12.1. The Morgan fingerprint density at radius 1 is 1.05 bits per heavy atom. The van der Waals surface area contributed by atoms with Crippen molar-refractivity contribution in [2.75, 3.05) is 27.2 Å². The van der Waals surface area contributed by atoms with Crippen LogP contribution in [0, 0.1) is 10.8 Å². The summed E-state index contributed by atoms with van der Waals surface area (Å²) < 4.78 is 60.8. The number of carbonyl (C=O) groups is 3. The molecule has 2 atom stereocenters. The van der Waals surface area contributed by atoms with Crippen LogP contribution in [0.2, 0.25) is 0 Å². The Morgan fingerprint density at radius 2 is 1.56 bits per heavy atom. The molecule has 1 heterocycles. The van der Waals surface area contributed by atoms with E-state index >= 15 is 0 Å². The molecule has 1 amide bonds. The molecule has 0 radical (unpaired) electrons. The molecule has 12 nitrogen and oxygen atoms in total. The third kappa shape index (κ3) is 14.6. The van der Waals surface area contributed by atoms with Crippen LogP contribution >= 0.6 is 8.60 Å². The molecule has 2 unspecified atom stereocenters. The zero-order valence-electron chi connectivity index (χ0n) is 23.5. The number of ether oxygens (including phenoxy) is 3. The van der Waals surface area contributed by atoms with Crippen LogP contribution in [0.4, 0.5) is 8.78 Å². The van der Waals surface area contributed by atoms with Crippen LogP contribution in [0.5, 0.6) is 0 Å². The molecule has 0 aromatic carbocycles. The number of carbonyl (C=O) groups excluding carboxylic acids is 3. The van der Waals surface area contributed by atoms with Crippen LogP contribution < -0.4 is 5.73 Å². The molecule has 0 aromatic rings. The van der Waals surface area contributed by atoms with E-state index in [1.807, 2.05) is 41.5 Å². The summed E-state index contributed by atoms with van der Waals surface area (Å²) in [4.78, 5) is 39.6. The van der Waals surface area contributed by atoms with Gasteiger partial charge in [-0.25, -0.2) is 8.78 Å². The standard InChI is InChI=1S/C24H40F2N3O9P/c1-22(2,3)11-19(31)33-15-36-39(37-16-34-20(32)12-23(4,5)6)35-13-17-10-24(25,26)21(38-17)29(14-30)9-8-18(27)28-7/h8-9,14,17,21H,10-13,15-16H2,1-7H3,(H2,27,28)/b9-8-. The van der Waals surface area contributed by atoms with Gasteiger partial charge in [-0.2, -0.15) is 0 Å². The van der Waals surface area contributed by atoms with Crippen molar-refractivity contribution in [1.82, 2.24) is 4.90 Å². The van der Waals surface area contributed by atoms with E-state index in [0.717, 1.165) is 6.20 Å². The van der Waals surface area contributed by atoms with Gasteiger partial charge in [-0.1, -0.05) is 41.5 Å². The number of esters is 2. The van der Waals surface area contributed by atoms with Crippen LogP contribution in [0.15, 0.2) is 17.3 Å². The third-order valence-electron chi connectivity index (χ3n) is 4.72. The first-order valence-corrected chi connectivity index (χ1v) is 13.2. The van der Waals surface area contributed by atoms with Crippen LogP contribution in [0.25, 0.3) is 0 Å². The summed E-state index contributed by atoms with van der Waals surface area (Å²) in [7, 11) is -0.894. The second kappa shape index (κ2) is 15.5. The second-order valence-corrected chi connectivity index (χ2v) is 12.3. The van der Waals surface area contributed by atoms with E-state index in [0.29, 0.717) is 4.90 Å². The van der Waals surface area contributed by atoms with Gasteiger partial charge in [0.05, 0.1) is 25.6 Å². The molecule has 224 valence electrons. The van der Waals surface area contributed by atoms with Crippen molar-refractivity contribution in [1.29, 1.82) is 0 Å². The Balaban J connectivity index is 2.76. The molecule has 0 bridgehead atoms. The maximum atomic E-state index is 14.6. The Kier molecular flexibility index (Phi) is 13.8. The summed E-state index contributed by atoms with van der Waals surface area (Å²) in [6, 6.07) is 0. The molecule has 0 saturated carbocycles. The SMILES string of the molecule is CN=C(N)/C=C\N(C=O)C1OC(COP(OCOC(=O)CC(C)(C)C)OCOC(=O)CC(C)(C)C)CC1(F)F. The Hall–Kier alpha value is -2.25. The van der Waals surface area contributed by atoms with Gasteiger partial charge in [0.15, 0.2) is 0 Å². The molecule has 0 aliphatic carbocycles. The molecule has 1 saturated heterocycles. The van der Waals surface area contributed by atoms with Crippen molar-refractivity contribution < 1.29 is 50.9 Å². The Labute approximate surface area is 229 Å². The lowest BCUT2D eigenvalue weighted by molar-refractivity contribution is -0.157. The summed E-state index contributed by atoms with van der Waals surface area (Å²) in [6.45, 7) is 9.67. The summed E-state index contributed by atoms with van der Waals surface area (Å²) >= 11 is 0. The van der Waals surface area contributed by atoms with Crippen molar-refractivity contribution in [3.8, 4) is 0 Å². The third-order valence-corrected chi connectivity index (χ3v) is 5.71. The lowest BCUT2D eigenvalue weighted by atomic mass is 9.92. The van der Waals surface area contributed by atoms with Gasteiger partial charge in [-0.3, -0.25) is 33.3 Å². The molecular formula is C24H40F2N3O9P. The number of amides is 1. The fourth-order valence-electron chi connectivity index (χ4n) is 3.02. The van der Waals surface area contributed by atoms with E-state index in [2.05, 4.69) is 4.99 Å². The van der Waals surface area contributed by atoms with Gasteiger partial charge in [0, 0.05) is 19.7 Å². The number of amidine groups is 1. The second-order valence-electron chi connectivity index (χ2n) is 11.1. The molecule has 39 heavy (non-hydrogen) atoms. The number of hydrogen-bond donors (Lipinski definition) is 1. The highest BCUT2D eigenvalue weighted by Gasteiger charge is 2.53. The summed E-state index contributed by atoms with van der Waals surface area (Å²) in [5, 5.41) is 0. The molecule has 2 N–H and O–H groups in total. The first-order chi connectivity index (χ1) is 18.0. The molecule has 15 heteroatoms. The highest BCUT2D eigenvalue weighted by atomic mass is 31.2. The molecule has 1 fully saturated rings. The number of nitrogens with zero attached hydrogens (tertiary/aromatic N) is 2. The maximum Gasteiger partial charge on any atom is 0.338 e. The van der Waals surface area contributed by atoms with E-state index in [1.165, 1.54) is 13.1 Å². The topological polar surface area (TPSA) is 148 Å². The first kappa shape index (κ1) is 34.8. The largest absolute Gasteiger partial charge is 0.438 e.